The van der Waals surface area contributed by atoms with Gasteiger partial charge in [0.1, 0.15) is 6.04 Å². The van der Waals surface area contributed by atoms with Gasteiger partial charge in [-0.3, -0.25) is 9.59 Å². The summed E-state index contributed by atoms with van der Waals surface area (Å²) in [6.07, 6.45) is 0. The first-order chi connectivity index (χ1) is 13.0. The number of benzene rings is 1. The average Bonchev–Trinajstić information content (AvgIpc) is 3.21. The van der Waals surface area contributed by atoms with Crippen LogP contribution in [0.4, 0.5) is 5.69 Å². The van der Waals surface area contributed by atoms with Gasteiger partial charge < -0.3 is 15.1 Å². The minimum Gasteiger partial charge on any atom is -0.368 e. The molecule has 1 saturated heterocycles. The largest absolute Gasteiger partial charge is 0.368 e. The van der Waals surface area contributed by atoms with Crippen LogP contribution in [0.25, 0.3) is 0 Å². The Balaban J connectivity index is 1.60. The van der Waals surface area contributed by atoms with Crippen molar-refractivity contribution >= 4 is 40.4 Å². The van der Waals surface area contributed by atoms with Crippen LogP contribution in [0.1, 0.15) is 23.5 Å². The fraction of sp³-hybridized carbons (Fsp3) is 0.400. The summed E-state index contributed by atoms with van der Waals surface area (Å²) in [5, 5.41) is 5.49. The van der Waals surface area contributed by atoms with E-state index in [0.29, 0.717) is 23.0 Å². The van der Waals surface area contributed by atoms with Gasteiger partial charge in [-0.05, 0) is 41.6 Å². The maximum Gasteiger partial charge on any atom is 0.262 e. The summed E-state index contributed by atoms with van der Waals surface area (Å²) in [6.45, 7) is 6.72. The number of amides is 2. The van der Waals surface area contributed by atoms with Gasteiger partial charge in [0, 0.05) is 36.9 Å². The maximum atomic E-state index is 13.0. The summed E-state index contributed by atoms with van der Waals surface area (Å²) in [6, 6.07) is 10.8. The predicted molar refractivity (Wildman–Crippen MR) is 111 cm³/mol. The summed E-state index contributed by atoms with van der Waals surface area (Å²) < 4.78 is 0. The summed E-state index contributed by atoms with van der Waals surface area (Å²) in [4.78, 5) is 30.1. The van der Waals surface area contributed by atoms with Crippen LogP contribution in [-0.4, -0.2) is 48.9 Å². The number of nitrogens with one attached hydrogen (secondary N) is 1. The number of piperazine rings is 1. The Morgan fingerprint density at radius 2 is 1.74 bits per heavy atom. The molecule has 0 saturated carbocycles. The molecule has 3 rings (SSSR count). The number of nitrogens with zero attached hydrogens (tertiary/aromatic N) is 2. The van der Waals surface area contributed by atoms with Crippen molar-refractivity contribution in [3.8, 4) is 0 Å². The molecule has 144 valence electrons. The third-order valence-corrected chi connectivity index (χ3v) is 5.87. The lowest BCUT2D eigenvalue weighted by atomic mass is 10.0. The molecule has 0 bridgehead atoms. The molecule has 2 aromatic rings. The molecule has 0 aliphatic carbocycles. The van der Waals surface area contributed by atoms with Crippen molar-refractivity contribution in [1.82, 2.24) is 10.2 Å². The Bertz CT molecular complexity index is 769. The van der Waals surface area contributed by atoms with Crippen molar-refractivity contribution in [3.05, 3.63) is 51.7 Å². The van der Waals surface area contributed by atoms with Crippen molar-refractivity contribution in [2.24, 2.45) is 5.92 Å². The number of thiophene rings is 1. The van der Waals surface area contributed by atoms with Gasteiger partial charge in [0.05, 0.1) is 4.88 Å². The number of carbonyl (C=O) groups is 2. The molecule has 1 aromatic heterocycles. The molecular formula is C20H24ClN3O2S. The first-order valence-corrected chi connectivity index (χ1v) is 10.3. The summed E-state index contributed by atoms with van der Waals surface area (Å²) >= 11 is 7.33. The lowest BCUT2D eigenvalue weighted by Crippen LogP contribution is -2.56. The van der Waals surface area contributed by atoms with E-state index in [2.05, 4.69) is 10.2 Å². The zero-order valence-electron chi connectivity index (χ0n) is 15.5. The molecule has 5 nitrogen and oxygen atoms in total. The standard InChI is InChI=1S/C20H24ClN3O2S/c1-14(2)18(22-19(25)17-4-3-13-27-17)20(26)24-11-9-23(10-12-24)16-7-5-15(21)6-8-16/h3-8,13-14,18H,9-12H2,1-2H3,(H,22,25). The number of hydrogen-bond acceptors (Lipinski definition) is 4. The molecule has 27 heavy (non-hydrogen) atoms. The Kier molecular flexibility index (Phi) is 6.39. The molecule has 1 aliphatic heterocycles. The van der Waals surface area contributed by atoms with Crippen LogP contribution in [0, 0.1) is 5.92 Å². The zero-order valence-corrected chi connectivity index (χ0v) is 17.1. The number of halogens is 1. The SMILES string of the molecule is CC(C)C(NC(=O)c1cccs1)C(=O)N1CCN(c2ccc(Cl)cc2)CC1. The molecule has 1 N–H and O–H groups in total. The molecule has 0 radical (unpaired) electrons. The minimum absolute atomic E-state index is 0.00865. The van der Waals surface area contributed by atoms with Gasteiger partial charge in [0.25, 0.3) is 5.91 Å². The summed E-state index contributed by atoms with van der Waals surface area (Å²) in [7, 11) is 0. The highest BCUT2D eigenvalue weighted by Crippen LogP contribution is 2.20. The van der Waals surface area contributed by atoms with E-state index >= 15 is 0 Å². The highest BCUT2D eigenvalue weighted by atomic mass is 35.5. The molecule has 1 aromatic carbocycles. The first kappa shape index (κ1) is 19.7. The first-order valence-electron chi connectivity index (χ1n) is 9.09. The number of carbonyl (C=O) groups excluding carboxylic acids is 2. The molecular weight excluding hydrogens is 382 g/mol. The minimum atomic E-state index is -0.512. The number of rotatable bonds is 5. The van der Waals surface area contributed by atoms with Crippen molar-refractivity contribution in [1.29, 1.82) is 0 Å². The van der Waals surface area contributed by atoms with E-state index in [4.69, 9.17) is 11.6 Å². The van der Waals surface area contributed by atoms with Crippen LogP contribution >= 0.6 is 22.9 Å². The third kappa shape index (κ3) is 4.82. The quantitative estimate of drug-likeness (QED) is 0.828. The lowest BCUT2D eigenvalue weighted by Gasteiger charge is -2.38. The van der Waals surface area contributed by atoms with Gasteiger partial charge in [-0.25, -0.2) is 0 Å². The Morgan fingerprint density at radius 3 is 2.30 bits per heavy atom. The monoisotopic (exact) mass is 405 g/mol. The highest BCUT2D eigenvalue weighted by molar-refractivity contribution is 7.12. The Labute approximate surface area is 168 Å². The van der Waals surface area contributed by atoms with Crippen LogP contribution < -0.4 is 10.2 Å². The number of hydrogen-bond donors (Lipinski definition) is 1. The van der Waals surface area contributed by atoms with Gasteiger partial charge in [0.15, 0.2) is 0 Å². The second kappa shape index (κ2) is 8.76. The maximum absolute atomic E-state index is 13.0. The Morgan fingerprint density at radius 1 is 1.07 bits per heavy atom. The van der Waals surface area contributed by atoms with E-state index in [1.165, 1.54) is 11.3 Å². The van der Waals surface area contributed by atoms with Crippen LogP contribution in [0.2, 0.25) is 5.02 Å². The fourth-order valence-electron chi connectivity index (χ4n) is 3.17. The van der Waals surface area contributed by atoms with Gasteiger partial charge in [0.2, 0.25) is 5.91 Å². The zero-order chi connectivity index (χ0) is 19.4. The van der Waals surface area contributed by atoms with Crippen LogP contribution in [-0.2, 0) is 4.79 Å². The van der Waals surface area contributed by atoms with Crippen LogP contribution in [0.5, 0.6) is 0 Å². The van der Waals surface area contributed by atoms with E-state index in [9.17, 15) is 9.59 Å². The van der Waals surface area contributed by atoms with Crippen molar-refractivity contribution in [2.75, 3.05) is 31.1 Å². The van der Waals surface area contributed by atoms with E-state index in [0.717, 1.165) is 18.8 Å². The summed E-state index contributed by atoms with van der Waals surface area (Å²) in [5.41, 5.74) is 1.11. The Hall–Kier alpha value is -2.05. The van der Waals surface area contributed by atoms with Gasteiger partial charge in [-0.15, -0.1) is 11.3 Å². The van der Waals surface area contributed by atoms with E-state index in [-0.39, 0.29) is 17.7 Å². The average molecular weight is 406 g/mol. The lowest BCUT2D eigenvalue weighted by molar-refractivity contribution is -0.134. The molecule has 0 spiro atoms. The molecule has 1 atom stereocenters. The van der Waals surface area contributed by atoms with Gasteiger partial charge in [-0.1, -0.05) is 31.5 Å². The second-order valence-corrected chi connectivity index (χ2v) is 8.35. The topological polar surface area (TPSA) is 52.7 Å². The van der Waals surface area contributed by atoms with Crippen LogP contribution in [0.3, 0.4) is 0 Å². The van der Waals surface area contributed by atoms with E-state index in [1.807, 2.05) is 54.5 Å². The molecule has 2 amide bonds. The molecule has 1 unspecified atom stereocenters. The molecule has 1 fully saturated rings. The summed E-state index contributed by atoms with van der Waals surface area (Å²) in [5.74, 6) is -0.168. The van der Waals surface area contributed by atoms with Crippen molar-refractivity contribution < 1.29 is 9.59 Å². The molecule has 1 aliphatic rings. The van der Waals surface area contributed by atoms with Crippen molar-refractivity contribution in [2.45, 2.75) is 19.9 Å². The number of anilines is 1. The second-order valence-electron chi connectivity index (χ2n) is 6.96. The van der Waals surface area contributed by atoms with E-state index < -0.39 is 6.04 Å². The highest BCUT2D eigenvalue weighted by Gasteiger charge is 2.31. The third-order valence-electron chi connectivity index (χ3n) is 4.75. The smallest absolute Gasteiger partial charge is 0.262 e. The van der Waals surface area contributed by atoms with Gasteiger partial charge in [-0.2, -0.15) is 0 Å². The molecule has 2 heterocycles. The normalized spacial score (nSPS) is 15.7. The van der Waals surface area contributed by atoms with Crippen LogP contribution in [0.15, 0.2) is 41.8 Å². The van der Waals surface area contributed by atoms with Crippen molar-refractivity contribution in [3.63, 3.8) is 0 Å². The molecule has 7 heteroatoms. The fourth-order valence-corrected chi connectivity index (χ4v) is 3.92. The van der Waals surface area contributed by atoms with E-state index in [1.54, 1.807) is 6.07 Å². The van der Waals surface area contributed by atoms with Gasteiger partial charge >= 0.3 is 0 Å². The predicted octanol–water partition coefficient (Wildman–Crippen LogP) is 3.50.